The Morgan fingerprint density at radius 3 is 2.73 bits per heavy atom. The van der Waals surface area contributed by atoms with E-state index >= 15 is 0 Å². The molecule has 2 fully saturated rings. The van der Waals surface area contributed by atoms with Crippen LogP contribution in [0.2, 0.25) is 5.04 Å². The highest BCUT2D eigenvalue weighted by Crippen LogP contribution is 2.39. The van der Waals surface area contributed by atoms with Gasteiger partial charge >= 0.3 is 5.97 Å². The van der Waals surface area contributed by atoms with Crippen LogP contribution in [0.5, 0.6) is 0 Å². The van der Waals surface area contributed by atoms with Gasteiger partial charge in [-0.3, -0.25) is 0 Å². The Morgan fingerprint density at radius 1 is 1.35 bits per heavy atom. The number of ether oxygens (including phenoxy) is 3. The molecule has 2 saturated heterocycles. The minimum Gasteiger partial charge on any atom is -0.463 e. The summed E-state index contributed by atoms with van der Waals surface area (Å²) in [5.41, 5.74) is 0.640. The van der Waals surface area contributed by atoms with Crippen molar-refractivity contribution in [2.45, 2.75) is 96.2 Å². The molecule has 2 aliphatic heterocycles. The summed E-state index contributed by atoms with van der Waals surface area (Å²) in [6.07, 6.45) is 7.68. The van der Waals surface area contributed by atoms with Crippen LogP contribution >= 0.6 is 0 Å². The fraction of sp³-hybridized carbons (Fsp3) is 0.850. The molecule has 0 amide bonds. The molecule has 0 saturated carbocycles. The van der Waals surface area contributed by atoms with Gasteiger partial charge in [-0.25, -0.2) is 4.79 Å². The van der Waals surface area contributed by atoms with E-state index in [-0.39, 0.29) is 23.2 Å². The Hall–Kier alpha value is -0.693. The summed E-state index contributed by atoms with van der Waals surface area (Å²) < 4.78 is 23.9. The minimum atomic E-state index is -0.620. The maximum Gasteiger partial charge on any atom is 0.333 e. The fourth-order valence-electron chi connectivity index (χ4n) is 3.48. The molecule has 150 valence electrons. The zero-order valence-electron chi connectivity index (χ0n) is 17.1. The molecule has 0 radical (unpaired) electrons. The van der Waals surface area contributed by atoms with Crippen molar-refractivity contribution < 1.29 is 23.4 Å². The van der Waals surface area contributed by atoms with Crippen molar-refractivity contribution in [3.05, 3.63) is 11.6 Å². The van der Waals surface area contributed by atoms with Gasteiger partial charge in [-0.05, 0) is 44.6 Å². The smallest absolute Gasteiger partial charge is 0.333 e. The molecule has 0 aliphatic carbocycles. The van der Waals surface area contributed by atoms with Gasteiger partial charge in [0.15, 0.2) is 15.6 Å². The van der Waals surface area contributed by atoms with E-state index in [1.807, 2.05) is 13.0 Å². The van der Waals surface area contributed by atoms with E-state index in [1.54, 1.807) is 6.92 Å². The fourth-order valence-corrected chi connectivity index (χ4v) is 4.47. The van der Waals surface area contributed by atoms with Crippen LogP contribution in [-0.4, -0.2) is 46.9 Å². The number of rotatable bonds is 6. The first-order valence-electron chi connectivity index (χ1n) is 10.0. The molecule has 0 aromatic heterocycles. The Bertz CT molecular complexity index is 491. The molecule has 0 aromatic rings. The monoisotopic (exact) mass is 384 g/mol. The lowest BCUT2D eigenvalue weighted by Gasteiger charge is -2.46. The molecule has 26 heavy (non-hydrogen) atoms. The molecule has 1 spiro atoms. The van der Waals surface area contributed by atoms with Crippen molar-refractivity contribution in [3.8, 4) is 0 Å². The second-order valence-electron chi connectivity index (χ2n) is 8.73. The Labute approximate surface area is 160 Å². The second kappa shape index (κ2) is 9.49. The highest BCUT2D eigenvalue weighted by atomic mass is 28.2. The van der Waals surface area contributed by atoms with E-state index in [4.69, 9.17) is 18.6 Å². The summed E-state index contributed by atoms with van der Waals surface area (Å²) >= 11 is 0. The van der Waals surface area contributed by atoms with E-state index in [2.05, 4.69) is 20.8 Å². The highest BCUT2D eigenvalue weighted by molar-refractivity contribution is 6.31. The number of carbonyl (C=O) groups excluding carboxylic acids is 1. The molecule has 0 bridgehead atoms. The van der Waals surface area contributed by atoms with Gasteiger partial charge in [0.25, 0.3) is 0 Å². The van der Waals surface area contributed by atoms with Crippen LogP contribution in [0.4, 0.5) is 0 Å². The molecule has 2 aliphatic rings. The Morgan fingerprint density at radius 2 is 2.12 bits per heavy atom. The van der Waals surface area contributed by atoms with Crippen molar-refractivity contribution in [1.82, 2.24) is 0 Å². The van der Waals surface area contributed by atoms with Gasteiger partial charge in [0.1, 0.15) is 0 Å². The molecular weight excluding hydrogens is 348 g/mol. The van der Waals surface area contributed by atoms with Gasteiger partial charge in [-0.15, -0.1) is 0 Å². The van der Waals surface area contributed by atoms with Gasteiger partial charge in [-0.2, -0.15) is 0 Å². The molecule has 3 atom stereocenters. The van der Waals surface area contributed by atoms with Crippen LogP contribution in [0.3, 0.4) is 0 Å². The second-order valence-corrected chi connectivity index (χ2v) is 11.5. The van der Waals surface area contributed by atoms with Crippen molar-refractivity contribution in [2.24, 2.45) is 0 Å². The third-order valence-corrected chi connectivity index (χ3v) is 6.30. The maximum atomic E-state index is 11.8. The van der Waals surface area contributed by atoms with Crippen LogP contribution in [0.25, 0.3) is 0 Å². The number of esters is 1. The highest BCUT2D eigenvalue weighted by Gasteiger charge is 2.44. The maximum absolute atomic E-state index is 11.8. The lowest BCUT2D eigenvalue weighted by Crippen LogP contribution is -2.50. The van der Waals surface area contributed by atoms with Crippen molar-refractivity contribution in [2.75, 3.05) is 13.2 Å². The predicted molar refractivity (Wildman–Crippen MR) is 105 cm³/mol. The average molecular weight is 385 g/mol. The predicted octanol–water partition coefficient (Wildman–Crippen LogP) is 3.65. The molecule has 3 unspecified atom stereocenters. The third kappa shape index (κ3) is 6.80. The Kier molecular flexibility index (Phi) is 7.88. The normalized spacial score (nSPS) is 30.9. The molecule has 5 nitrogen and oxygen atoms in total. The van der Waals surface area contributed by atoms with Crippen molar-refractivity contribution in [3.63, 3.8) is 0 Å². The zero-order chi connectivity index (χ0) is 19.2. The van der Waals surface area contributed by atoms with E-state index in [0.717, 1.165) is 38.7 Å². The van der Waals surface area contributed by atoms with Crippen LogP contribution in [0.15, 0.2) is 11.6 Å². The zero-order valence-corrected chi connectivity index (χ0v) is 18.6. The Balaban J connectivity index is 2.02. The van der Waals surface area contributed by atoms with Gasteiger partial charge < -0.3 is 18.6 Å². The van der Waals surface area contributed by atoms with E-state index < -0.39 is 15.6 Å². The van der Waals surface area contributed by atoms with E-state index in [1.165, 1.54) is 0 Å². The molecule has 0 aromatic carbocycles. The van der Waals surface area contributed by atoms with Gasteiger partial charge in [0, 0.05) is 18.4 Å². The third-order valence-electron chi connectivity index (χ3n) is 4.80. The summed E-state index contributed by atoms with van der Waals surface area (Å²) in [6, 6.07) is 0. The van der Waals surface area contributed by atoms with E-state index in [0.29, 0.717) is 18.6 Å². The largest absolute Gasteiger partial charge is 0.463 e. The number of hydrogen-bond donors (Lipinski definition) is 0. The molecule has 6 heteroatoms. The standard InChI is InChI=1S/C20H36O5Si/c1-6-22-18(21)15(2)9-10-16-13-17(25-26-19(3,4)5)14-20(24-16)11-7-8-12-23-20/h9,16-17H,6-8,10-14,26H2,1-5H3/b15-9+. The van der Waals surface area contributed by atoms with Crippen molar-refractivity contribution in [1.29, 1.82) is 0 Å². The lowest BCUT2D eigenvalue weighted by atomic mass is 9.91. The van der Waals surface area contributed by atoms with Gasteiger partial charge in [0.05, 0.1) is 25.4 Å². The first-order chi connectivity index (χ1) is 12.2. The van der Waals surface area contributed by atoms with Crippen LogP contribution < -0.4 is 0 Å². The first kappa shape index (κ1) is 21.6. The topological polar surface area (TPSA) is 54.0 Å². The van der Waals surface area contributed by atoms with Gasteiger partial charge in [-0.1, -0.05) is 26.8 Å². The quantitative estimate of drug-likeness (QED) is 0.397. The van der Waals surface area contributed by atoms with Crippen molar-refractivity contribution >= 4 is 15.7 Å². The summed E-state index contributed by atoms with van der Waals surface area (Å²) in [4.78, 5) is 11.8. The van der Waals surface area contributed by atoms with Crippen LogP contribution in [-0.2, 0) is 23.4 Å². The van der Waals surface area contributed by atoms with Crippen LogP contribution in [0, 0.1) is 0 Å². The SMILES string of the molecule is CCOC(=O)/C(C)=C/CC1CC(O[SiH2]C(C)(C)C)CC2(CCCCO2)O1. The molecular formula is C20H36O5Si. The summed E-state index contributed by atoms with van der Waals surface area (Å²) in [7, 11) is -0.620. The molecule has 2 heterocycles. The molecule has 0 N–H and O–H groups in total. The van der Waals surface area contributed by atoms with E-state index in [9.17, 15) is 4.79 Å². The van der Waals surface area contributed by atoms with Crippen LogP contribution in [0.1, 0.15) is 73.1 Å². The average Bonchev–Trinajstić information content (AvgIpc) is 2.58. The number of hydrogen-bond acceptors (Lipinski definition) is 5. The molecule has 2 rings (SSSR count). The minimum absolute atomic E-state index is 0.0187. The lowest BCUT2D eigenvalue weighted by molar-refractivity contribution is -0.306. The summed E-state index contributed by atoms with van der Waals surface area (Å²) in [5, 5.41) is 0.273. The van der Waals surface area contributed by atoms with Gasteiger partial charge in [0.2, 0.25) is 0 Å². The summed E-state index contributed by atoms with van der Waals surface area (Å²) in [5.74, 6) is -0.746. The first-order valence-corrected chi connectivity index (χ1v) is 11.3. The summed E-state index contributed by atoms with van der Waals surface area (Å²) in [6.45, 7) is 11.5. The number of carbonyl (C=O) groups is 1.